The number of hydrogen-bond donors (Lipinski definition) is 0. The molecule has 2 aromatic heterocycles. The van der Waals surface area contributed by atoms with E-state index in [-0.39, 0.29) is 11.9 Å². The van der Waals surface area contributed by atoms with Crippen LogP contribution in [0, 0.1) is 0 Å². The van der Waals surface area contributed by atoms with Crippen molar-refractivity contribution in [3.05, 3.63) is 36.1 Å². The van der Waals surface area contributed by atoms with Crippen LogP contribution < -0.4 is 4.74 Å². The lowest BCUT2D eigenvalue weighted by atomic mass is 10.1. The van der Waals surface area contributed by atoms with Crippen LogP contribution in [-0.4, -0.2) is 39.6 Å². The van der Waals surface area contributed by atoms with E-state index in [0.717, 1.165) is 25.1 Å². The van der Waals surface area contributed by atoms with Gasteiger partial charge in [0.2, 0.25) is 5.91 Å². The molecule has 0 spiro atoms. The first-order valence-electron chi connectivity index (χ1n) is 7.33. The van der Waals surface area contributed by atoms with Crippen molar-refractivity contribution in [2.75, 3.05) is 13.7 Å². The first kappa shape index (κ1) is 14.5. The maximum Gasteiger partial charge on any atom is 0.254 e. The fourth-order valence-electron chi connectivity index (χ4n) is 2.75. The third-order valence-electron chi connectivity index (χ3n) is 3.85. The molecule has 7 heteroatoms. The van der Waals surface area contributed by atoms with Crippen molar-refractivity contribution >= 4 is 5.91 Å². The Morgan fingerprint density at radius 1 is 1.55 bits per heavy atom. The highest BCUT2D eigenvalue weighted by atomic mass is 16.5. The number of nitrogens with zero attached hydrogens (tertiary/aromatic N) is 4. The van der Waals surface area contributed by atoms with E-state index in [1.165, 1.54) is 13.4 Å². The Bertz CT molecular complexity index is 629. The zero-order valence-electron chi connectivity index (χ0n) is 12.4. The number of ether oxygens (including phenoxy) is 1. The van der Waals surface area contributed by atoms with Gasteiger partial charge in [-0.25, -0.2) is 9.97 Å². The molecule has 0 radical (unpaired) electrons. The average Bonchev–Trinajstić information content (AvgIpc) is 3.22. The molecule has 1 saturated heterocycles. The Morgan fingerprint density at radius 3 is 3.18 bits per heavy atom. The second-order valence-electron chi connectivity index (χ2n) is 5.21. The fourth-order valence-corrected chi connectivity index (χ4v) is 2.75. The van der Waals surface area contributed by atoms with Gasteiger partial charge in [-0.05, 0) is 24.1 Å². The molecule has 1 fully saturated rings. The van der Waals surface area contributed by atoms with E-state index >= 15 is 0 Å². The lowest BCUT2D eigenvalue weighted by Gasteiger charge is -2.24. The van der Waals surface area contributed by atoms with Gasteiger partial charge >= 0.3 is 0 Å². The SMILES string of the molecule is COc1cc(CCC(=O)N2CCCC2c2ccncn2)on1. The van der Waals surface area contributed by atoms with Gasteiger partial charge in [-0.3, -0.25) is 4.79 Å². The number of rotatable bonds is 5. The Kier molecular flexibility index (Phi) is 4.32. The van der Waals surface area contributed by atoms with Crippen molar-refractivity contribution in [3.63, 3.8) is 0 Å². The summed E-state index contributed by atoms with van der Waals surface area (Å²) in [6.45, 7) is 0.771. The van der Waals surface area contributed by atoms with Crippen LogP contribution in [0.5, 0.6) is 5.88 Å². The summed E-state index contributed by atoms with van der Waals surface area (Å²) in [6, 6.07) is 3.64. The Hall–Kier alpha value is -2.44. The number of likely N-dealkylation sites (tertiary alicyclic amines) is 1. The minimum absolute atomic E-state index is 0.0553. The van der Waals surface area contributed by atoms with Crippen molar-refractivity contribution in [2.45, 2.75) is 31.7 Å². The normalized spacial score (nSPS) is 17.7. The molecular formula is C15H18N4O3. The van der Waals surface area contributed by atoms with Crippen LogP contribution in [0.1, 0.15) is 36.8 Å². The first-order valence-corrected chi connectivity index (χ1v) is 7.33. The maximum atomic E-state index is 12.5. The number of carbonyl (C=O) groups excluding carboxylic acids is 1. The molecule has 3 heterocycles. The maximum absolute atomic E-state index is 12.5. The predicted octanol–water partition coefficient (Wildman–Crippen LogP) is 1.77. The molecule has 0 N–H and O–H groups in total. The number of methoxy groups -OCH3 is 1. The predicted molar refractivity (Wildman–Crippen MR) is 77.1 cm³/mol. The summed E-state index contributed by atoms with van der Waals surface area (Å²) in [4.78, 5) is 22.6. The molecule has 0 bridgehead atoms. The van der Waals surface area contributed by atoms with Gasteiger partial charge < -0.3 is 14.2 Å². The minimum atomic E-state index is 0.0553. The van der Waals surface area contributed by atoms with Crippen molar-refractivity contribution in [2.24, 2.45) is 0 Å². The standard InChI is InChI=1S/C15H18N4O3/c1-21-14-9-11(22-18-14)4-5-15(20)19-8-2-3-13(19)12-6-7-16-10-17-12/h6-7,9-10,13H,2-5,8H2,1H3. The lowest BCUT2D eigenvalue weighted by Crippen LogP contribution is -2.31. The summed E-state index contributed by atoms with van der Waals surface area (Å²) in [7, 11) is 1.53. The van der Waals surface area contributed by atoms with Crippen LogP contribution in [0.2, 0.25) is 0 Å². The van der Waals surface area contributed by atoms with Crippen molar-refractivity contribution in [3.8, 4) is 5.88 Å². The quantitative estimate of drug-likeness (QED) is 0.837. The molecule has 1 unspecified atom stereocenters. The van der Waals surface area contributed by atoms with E-state index in [2.05, 4.69) is 15.1 Å². The number of carbonyl (C=O) groups is 1. The zero-order valence-corrected chi connectivity index (χ0v) is 12.4. The van der Waals surface area contributed by atoms with Crippen LogP contribution in [0.3, 0.4) is 0 Å². The minimum Gasteiger partial charge on any atom is -0.479 e. The summed E-state index contributed by atoms with van der Waals surface area (Å²) in [5.74, 6) is 1.20. The van der Waals surface area contributed by atoms with Gasteiger partial charge in [-0.1, -0.05) is 0 Å². The highest BCUT2D eigenvalue weighted by Crippen LogP contribution is 2.31. The van der Waals surface area contributed by atoms with Crippen LogP contribution in [0.25, 0.3) is 0 Å². The Labute approximate surface area is 128 Å². The summed E-state index contributed by atoms with van der Waals surface area (Å²) < 4.78 is 10.1. The van der Waals surface area contributed by atoms with E-state index in [1.54, 1.807) is 12.3 Å². The Balaban J connectivity index is 1.61. The Morgan fingerprint density at radius 2 is 2.45 bits per heavy atom. The molecule has 7 nitrogen and oxygen atoms in total. The van der Waals surface area contributed by atoms with Gasteiger partial charge in [-0.15, -0.1) is 0 Å². The number of aromatic nitrogens is 3. The lowest BCUT2D eigenvalue weighted by molar-refractivity contribution is -0.132. The van der Waals surface area contributed by atoms with Gasteiger partial charge in [0.25, 0.3) is 5.88 Å². The second-order valence-corrected chi connectivity index (χ2v) is 5.21. The summed E-state index contributed by atoms with van der Waals surface area (Å²) in [5, 5.41) is 3.73. The molecule has 1 atom stereocenters. The molecule has 3 rings (SSSR count). The van der Waals surface area contributed by atoms with Crippen LogP contribution >= 0.6 is 0 Å². The van der Waals surface area contributed by atoms with Crippen molar-refractivity contribution in [1.29, 1.82) is 0 Å². The second kappa shape index (κ2) is 6.55. The molecule has 22 heavy (non-hydrogen) atoms. The number of amides is 1. The van der Waals surface area contributed by atoms with Crippen LogP contribution in [-0.2, 0) is 11.2 Å². The van der Waals surface area contributed by atoms with Crippen LogP contribution in [0.15, 0.2) is 29.2 Å². The largest absolute Gasteiger partial charge is 0.479 e. The average molecular weight is 302 g/mol. The molecule has 1 aliphatic rings. The van der Waals surface area contributed by atoms with Gasteiger partial charge in [0.1, 0.15) is 12.1 Å². The fraction of sp³-hybridized carbons (Fsp3) is 0.467. The van der Waals surface area contributed by atoms with Gasteiger partial charge in [-0.2, -0.15) is 0 Å². The molecule has 1 aliphatic heterocycles. The third kappa shape index (κ3) is 3.08. The monoisotopic (exact) mass is 302 g/mol. The van der Waals surface area contributed by atoms with E-state index in [9.17, 15) is 4.79 Å². The van der Waals surface area contributed by atoms with E-state index in [1.807, 2.05) is 11.0 Å². The van der Waals surface area contributed by atoms with Gasteiger partial charge in [0.15, 0.2) is 0 Å². The van der Waals surface area contributed by atoms with E-state index in [4.69, 9.17) is 9.26 Å². The van der Waals surface area contributed by atoms with Crippen molar-refractivity contribution in [1.82, 2.24) is 20.0 Å². The first-order chi connectivity index (χ1) is 10.8. The molecule has 0 aliphatic carbocycles. The topological polar surface area (TPSA) is 81.4 Å². The molecule has 0 aromatic carbocycles. The highest BCUT2D eigenvalue weighted by Gasteiger charge is 2.30. The van der Waals surface area contributed by atoms with Crippen LogP contribution in [0.4, 0.5) is 0 Å². The van der Waals surface area contributed by atoms with E-state index < -0.39 is 0 Å². The summed E-state index contributed by atoms with van der Waals surface area (Å²) in [5.41, 5.74) is 0.905. The summed E-state index contributed by atoms with van der Waals surface area (Å²) >= 11 is 0. The van der Waals surface area contributed by atoms with Gasteiger partial charge in [0.05, 0.1) is 18.8 Å². The third-order valence-corrected chi connectivity index (χ3v) is 3.85. The van der Waals surface area contributed by atoms with Crippen molar-refractivity contribution < 1.29 is 14.1 Å². The molecule has 0 saturated carbocycles. The molecule has 2 aromatic rings. The number of aryl methyl sites for hydroxylation is 1. The highest BCUT2D eigenvalue weighted by molar-refractivity contribution is 5.77. The zero-order chi connectivity index (χ0) is 15.4. The molecule has 1 amide bonds. The molecular weight excluding hydrogens is 284 g/mol. The number of hydrogen-bond acceptors (Lipinski definition) is 6. The molecule has 116 valence electrons. The summed E-state index contributed by atoms with van der Waals surface area (Å²) in [6.07, 6.45) is 6.08. The van der Waals surface area contributed by atoms with E-state index in [0.29, 0.717) is 24.5 Å². The smallest absolute Gasteiger partial charge is 0.254 e. The van der Waals surface area contributed by atoms with Gasteiger partial charge in [0, 0.05) is 31.6 Å².